The average Bonchev–Trinajstić information content (AvgIpc) is 2.74. The zero-order chi connectivity index (χ0) is 22.3. The van der Waals surface area contributed by atoms with Gasteiger partial charge in [0.2, 0.25) is 5.91 Å². The van der Waals surface area contributed by atoms with Crippen LogP contribution >= 0.6 is 0 Å². The summed E-state index contributed by atoms with van der Waals surface area (Å²) in [6.07, 6.45) is 3.20. The van der Waals surface area contributed by atoms with E-state index in [4.69, 9.17) is 4.74 Å². The molecule has 2 aromatic carbocycles. The minimum atomic E-state index is -0.780. The molecule has 0 radical (unpaired) electrons. The number of pyridine rings is 1. The third-order valence-corrected chi connectivity index (χ3v) is 4.46. The molecule has 1 heterocycles. The molecule has 1 aromatic heterocycles. The Balaban J connectivity index is 1.71. The number of hydrogen-bond acceptors (Lipinski definition) is 4. The maximum Gasteiger partial charge on any atom is 0.408 e. The van der Waals surface area contributed by atoms with Gasteiger partial charge in [-0.2, -0.15) is 0 Å². The van der Waals surface area contributed by atoms with Gasteiger partial charge in [-0.15, -0.1) is 0 Å². The second-order valence-electron chi connectivity index (χ2n) is 8.19. The second-order valence-corrected chi connectivity index (χ2v) is 8.19. The zero-order valence-corrected chi connectivity index (χ0v) is 18.0. The summed E-state index contributed by atoms with van der Waals surface area (Å²) >= 11 is 0. The van der Waals surface area contributed by atoms with E-state index in [1.807, 2.05) is 66.7 Å². The Kier molecular flexibility index (Phi) is 7.03. The number of alkyl carbamates (subject to hydrolysis) is 1. The molecule has 3 aromatic rings. The predicted molar refractivity (Wildman–Crippen MR) is 122 cm³/mol. The van der Waals surface area contributed by atoms with Crippen LogP contribution in [0.2, 0.25) is 0 Å². The number of nitrogens with one attached hydrogen (secondary N) is 2. The van der Waals surface area contributed by atoms with E-state index in [9.17, 15) is 9.59 Å². The largest absolute Gasteiger partial charge is 0.444 e. The van der Waals surface area contributed by atoms with Crippen LogP contribution in [0.1, 0.15) is 26.3 Å². The maximum atomic E-state index is 13.0. The van der Waals surface area contributed by atoms with Crippen molar-refractivity contribution in [2.75, 3.05) is 5.32 Å². The molecule has 0 spiro atoms. The van der Waals surface area contributed by atoms with Crippen molar-refractivity contribution in [3.63, 3.8) is 0 Å². The van der Waals surface area contributed by atoms with Crippen LogP contribution in [0.15, 0.2) is 79.1 Å². The Bertz CT molecular complexity index is 998. The molecule has 2 amide bonds. The van der Waals surface area contributed by atoms with Gasteiger partial charge >= 0.3 is 6.09 Å². The van der Waals surface area contributed by atoms with Gasteiger partial charge in [0.15, 0.2) is 0 Å². The number of benzene rings is 2. The molecule has 0 bridgehead atoms. The quantitative estimate of drug-likeness (QED) is 0.602. The number of rotatable bonds is 6. The van der Waals surface area contributed by atoms with Crippen molar-refractivity contribution in [1.29, 1.82) is 0 Å². The summed E-state index contributed by atoms with van der Waals surface area (Å²) < 4.78 is 5.34. The van der Waals surface area contributed by atoms with Crippen molar-refractivity contribution in [3.05, 3.63) is 84.7 Å². The van der Waals surface area contributed by atoms with Gasteiger partial charge < -0.3 is 15.4 Å². The summed E-state index contributed by atoms with van der Waals surface area (Å²) in [6.45, 7) is 5.34. The van der Waals surface area contributed by atoms with Gasteiger partial charge in [-0.3, -0.25) is 9.78 Å². The molecule has 0 aliphatic rings. The van der Waals surface area contributed by atoms with E-state index in [1.54, 1.807) is 33.2 Å². The van der Waals surface area contributed by atoms with Crippen LogP contribution in [0.25, 0.3) is 11.1 Å². The molecule has 0 aliphatic carbocycles. The van der Waals surface area contributed by atoms with Gasteiger partial charge in [0, 0.05) is 24.5 Å². The lowest BCUT2D eigenvalue weighted by molar-refractivity contribution is -0.118. The van der Waals surface area contributed by atoms with Crippen LogP contribution in [0.5, 0.6) is 0 Å². The highest BCUT2D eigenvalue weighted by atomic mass is 16.6. The monoisotopic (exact) mass is 417 g/mol. The number of anilines is 1. The standard InChI is InChI=1S/C25H27N3O3/c1-25(2,3)31-24(30)28-22(17-18-7-5-4-6-8-18)23(29)27-21-11-9-19(10-12-21)20-13-15-26-16-14-20/h4-16,22H,17H2,1-3H3,(H,27,29)(H,28,30)/t22-/m1/s1. The van der Waals surface area contributed by atoms with E-state index in [0.29, 0.717) is 12.1 Å². The summed E-state index contributed by atoms with van der Waals surface area (Å²) in [6, 6.07) is 20.1. The van der Waals surface area contributed by atoms with Crippen LogP contribution in [0, 0.1) is 0 Å². The Hall–Kier alpha value is -3.67. The Morgan fingerprint density at radius 2 is 1.52 bits per heavy atom. The first-order chi connectivity index (χ1) is 14.8. The summed E-state index contributed by atoms with van der Waals surface area (Å²) in [7, 11) is 0. The third kappa shape index (κ3) is 6.96. The van der Waals surface area contributed by atoms with Crippen LogP contribution in [-0.2, 0) is 16.0 Å². The highest BCUT2D eigenvalue weighted by molar-refractivity contribution is 5.97. The zero-order valence-electron chi connectivity index (χ0n) is 18.0. The molecule has 160 valence electrons. The van der Waals surface area contributed by atoms with E-state index in [-0.39, 0.29) is 5.91 Å². The first kappa shape index (κ1) is 22.0. The molecule has 0 fully saturated rings. The molecule has 31 heavy (non-hydrogen) atoms. The van der Waals surface area contributed by atoms with Gasteiger partial charge in [0.05, 0.1) is 0 Å². The molecule has 0 unspecified atom stereocenters. The summed E-state index contributed by atoms with van der Waals surface area (Å²) in [5.41, 5.74) is 2.99. The number of nitrogens with zero attached hydrogens (tertiary/aromatic N) is 1. The summed E-state index contributed by atoms with van der Waals surface area (Å²) in [5.74, 6) is -0.314. The molecular weight excluding hydrogens is 390 g/mol. The van der Waals surface area contributed by atoms with Crippen molar-refractivity contribution in [2.45, 2.75) is 38.8 Å². The van der Waals surface area contributed by atoms with E-state index < -0.39 is 17.7 Å². The molecular formula is C25H27N3O3. The van der Waals surface area contributed by atoms with Gasteiger partial charge in [-0.1, -0.05) is 42.5 Å². The first-order valence-corrected chi connectivity index (χ1v) is 10.1. The van der Waals surface area contributed by atoms with Gasteiger partial charge in [-0.05, 0) is 61.7 Å². The fourth-order valence-electron chi connectivity index (χ4n) is 3.03. The van der Waals surface area contributed by atoms with Crippen molar-refractivity contribution in [3.8, 4) is 11.1 Å². The van der Waals surface area contributed by atoms with Crippen molar-refractivity contribution < 1.29 is 14.3 Å². The number of hydrogen-bond donors (Lipinski definition) is 2. The summed E-state index contributed by atoms with van der Waals surface area (Å²) in [4.78, 5) is 29.3. The highest BCUT2D eigenvalue weighted by Crippen LogP contribution is 2.21. The number of carbonyl (C=O) groups is 2. The summed E-state index contributed by atoms with van der Waals surface area (Å²) in [5, 5.41) is 5.59. The minimum absolute atomic E-state index is 0.314. The topological polar surface area (TPSA) is 80.3 Å². The Morgan fingerprint density at radius 1 is 0.903 bits per heavy atom. The van der Waals surface area contributed by atoms with Crippen LogP contribution in [-0.4, -0.2) is 28.6 Å². The molecule has 0 saturated carbocycles. The molecule has 2 N–H and O–H groups in total. The SMILES string of the molecule is CC(C)(C)OC(=O)N[C@H](Cc1ccccc1)C(=O)Nc1ccc(-c2ccncc2)cc1. The highest BCUT2D eigenvalue weighted by Gasteiger charge is 2.25. The number of aromatic nitrogens is 1. The van der Waals surface area contributed by atoms with Crippen molar-refractivity contribution in [2.24, 2.45) is 0 Å². The molecule has 3 rings (SSSR count). The predicted octanol–water partition coefficient (Wildman–Crippen LogP) is 4.82. The van der Waals surface area contributed by atoms with Gasteiger partial charge in [0.1, 0.15) is 11.6 Å². The van der Waals surface area contributed by atoms with E-state index in [2.05, 4.69) is 15.6 Å². The first-order valence-electron chi connectivity index (χ1n) is 10.1. The third-order valence-electron chi connectivity index (χ3n) is 4.46. The smallest absolute Gasteiger partial charge is 0.408 e. The van der Waals surface area contributed by atoms with Gasteiger partial charge in [0.25, 0.3) is 0 Å². The molecule has 1 atom stereocenters. The maximum absolute atomic E-state index is 13.0. The lowest BCUT2D eigenvalue weighted by Gasteiger charge is -2.23. The fourth-order valence-corrected chi connectivity index (χ4v) is 3.03. The Labute approximate surface area is 182 Å². The molecule has 0 aliphatic heterocycles. The average molecular weight is 418 g/mol. The van der Waals surface area contributed by atoms with E-state index in [0.717, 1.165) is 16.7 Å². The van der Waals surface area contributed by atoms with Crippen LogP contribution in [0.4, 0.5) is 10.5 Å². The second kappa shape index (κ2) is 9.89. The lowest BCUT2D eigenvalue weighted by atomic mass is 10.0. The number of amides is 2. The van der Waals surface area contributed by atoms with E-state index in [1.165, 1.54) is 0 Å². The van der Waals surface area contributed by atoms with Crippen molar-refractivity contribution in [1.82, 2.24) is 10.3 Å². The lowest BCUT2D eigenvalue weighted by Crippen LogP contribution is -2.47. The van der Waals surface area contributed by atoms with Gasteiger partial charge in [-0.25, -0.2) is 4.79 Å². The Morgan fingerprint density at radius 3 is 2.13 bits per heavy atom. The van der Waals surface area contributed by atoms with Crippen LogP contribution in [0.3, 0.4) is 0 Å². The molecule has 0 saturated heterocycles. The molecule has 6 heteroatoms. The minimum Gasteiger partial charge on any atom is -0.444 e. The van der Waals surface area contributed by atoms with Crippen LogP contribution < -0.4 is 10.6 Å². The van der Waals surface area contributed by atoms with E-state index >= 15 is 0 Å². The normalized spacial score (nSPS) is 12.0. The fraction of sp³-hybridized carbons (Fsp3) is 0.240. The number of ether oxygens (including phenoxy) is 1. The molecule has 6 nitrogen and oxygen atoms in total. The van der Waals surface area contributed by atoms with Crippen molar-refractivity contribution >= 4 is 17.7 Å². The number of carbonyl (C=O) groups excluding carboxylic acids is 2.